The van der Waals surface area contributed by atoms with Crippen molar-refractivity contribution in [2.45, 2.75) is 31.7 Å². The molecule has 0 aliphatic heterocycles. The van der Waals surface area contributed by atoms with E-state index in [2.05, 4.69) is 10.6 Å². The van der Waals surface area contributed by atoms with E-state index in [-0.39, 0.29) is 17.3 Å². The number of halogens is 2. The van der Waals surface area contributed by atoms with Gasteiger partial charge in [0, 0.05) is 24.2 Å². The van der Waals surface area contributed by atoms with Gasteiger partial charge in [-0.2, -0.15) is 0 Å². The molecule has 2 amide bonds. The van der Waals surface area contributed by atoms with E-state index in [4.69, 9.17) is 5.11 Å². The Morgan fingerprint density at radius 1 is 1.33 bits per heavy atom. The first kappa shape index (κ1) is 15.2. The number of amides is 2. The molecule has 1 aromatic rings. The fraction of sp³-hybridized carbons (Fsp3) is 0.429. The number of nitrogens with one attached hydrogen (secondary N) is 2. The van der Waals surface area contributed by atoms with Gasteiger partial charge in [-0.1, -0.05) is 12.1 Å². The summed E-state index contributed by atoms with van der Waals surface area (Å²) in [5, 5.41) is 13.8. The Bertz CT molecular complexity index is 551. The number of aliphatic carboxylic acids is 1. The molecule has 1 aliphatic rings. The Morgan fingerprint density at radius 3 is 2.57 bits per heavy atom. The van der Waals surface area contributed by atoms with Gasteiger partial charge in [-0.05, 0) is 25.0 Å². The molecule has 7 heteroatoms. The van der Waals surface area contributed by atoms with Crippen LogP contribution in [0.4, 0.5) is 19.3 Å². The zero-order chi connectivity index (χ0) is 15.6. The van der Waals surface area contributed by atoms with E-state index >= 15 is 0 Å². The third-order valence-electron chi connectivity index (χ3n) is 3.45. The average molecular weight is 298 g/mol. The maximum atomic E-state index is 13.2. The SMILES string of the molecule is CC(F)(F)c1cccc(NC(=O)NC2CC(C(=O)O)C2)c1. The Balaban J connectivity index is 1.88. The lowest BCUT2D eigenvalue weighted by atomic mass is 9.80. The second kappa shape index (κ2) is 5.67. The Morgan fingerprint density at radius 2 is 2.00 bits per heavy atom. The van der Waals surface area contributed by atoms with E-state index in [1.54, 1.807) is 0 Å². The predicted octanol–water partition coefficient (Wildman–Crippen LogP) is 2.78. The van der Waals surface area contributed by atoms with Gasteiger partial charge in [0.25, 0.3) is 5.92 Å². The number of carbonyl (C=O) groups excluding carboxylic acids is 1. The van der Waals surface area contributed by atoms with Crippen LogP contribution in [0.5, 0.6) is 0 Å². The fourth-order valence-electron chi connectivity index (χ4n) is 2.16. The van der Waals surface area contributed by atoms with Crippen molar-refractivity contribution in [1.82, 2.24) is 5.32 Å². The van der Waals surface area contributed by atoms with Crippen LogP contribution in [0.3, 0.4) is 0 Å². The van der Waals surface area contributed by atoms with Gasteiger partial charge in [0.15, 0.2) is 0 Å². The lowest BCUT2D eigenvalue weighted by molar-refractivity contribution is -0.145. The van der Waals surface area contributed by atoms with Gasteiger partial charge in [-0.15, -0.1) is 0 Å². The molecule has 0 unspecified atom stereocenters. The van der Waals surface area contributed by atoms with Crippen molar-refractivity contribution >= 4 is 17.7 Å². The highest BCUT2D eigenvalue weighted by molar-refractivity contribution is 5.89. The molecule has 0 aromatic heterocycles. The van der Waals surface area contributed by atoms with Crippen molar-refractivity contribution in [2.75, 3.05) is 5.32 Å². The first-order valence-electron chi connectivity index (χ1n) is 6.54. The Hall–Kier alpha value is -2.18. The minimum absolute atomic E-state index is 0.185. The van der Waals surface area contributed by atoms with Crippen molar-refractivity contribution in [3.8, 4) is 0 Å². The molecule has 2 rings (SSSR count). The van der Waals surface area contributed by atoms with Crippen LogP contribution in [0.2, 0.25) is 0 Å². The molecule has 0 radical (unpaired) electrons. The maximum absolute atomic E-state index is 13.2. The normalized spacial score (nSPS) is 21.3. The van der Waals surface area contributed by atoms with Crippen molar-refractivity contribution in [3.63, 3.8) is 0 Å². The van der Waals surface area contributed by atoms with Crippen LogP contribution >= 0.6 is 0 Å². The fourth-order valence-corrected chi connectivity index (χ4v) is 2.16. The van der Waals surface area contributed by atoms with Crippen molar-refractivity contribution in [2.24, 2.45) is 5.92 Å². The smallest absolute Gasteiger partial charge is 0.319 e. The van der Waals surface area contributed by atoms with Crippen molar-refractivity contribution in [3.05, 3.63) is 29.8 Å². The molecular weight excluding hydrogens is 282 g/mol. The second-order valence-corrected chi connectivity index (χ2v) is 5.27. The zero-order valence-corrected chi connectivity index (χ0v) is 11.4. The van der Waals surface area contributed by atoms with Crippen LogP contribution in [-0.2, 0) is 10.7 Å². The number of anilines is 1. The lowest BCUT2D eigenvalue weighted by Crippen LogP contribution is -2.48. The van der Waals surface area contributed by atoms with Crippen LogP contribution < -0.4 is 10.6 Å². The van der Waals surface area contributed by atoms with Crippen molar-refractivity contribution in [1.29, 1.82) is 0 Å². The number of urea groups is 1. The highest BCUT2D eigenvalue weighted by Gasteiger charge is 2.35. The number of carboxylic acids is 1. The maximum Gasteiger partial charge on any atom is 0.319 e. The Kier molecular flexibility index (Phi) is 4.11. The molecule has 1 fully saturated rings. The number of carbonyl (C=O) groups is 2. The molecule has 0 spiro atoms. The van der Waals surface area contributed by atoms with E-state index in [9.17, 15) is 18.4 Å². The molecule has 0 saturated heterocycles. The van der Waals surface area contributed by atoms with E-state index in [1.165, 1.54) is 24.3 Å². The van der Waals surface area contributed by atoms with Gasteiger partial charge in [0.05, 0.1) is 5.92 Å². The molecule has 1 aromatic carbocycles. The highest BCUT2D eigenvalue weighted by atomic mass is 19.3. The van der Waals surface area contributed by atoms with Crippen LogP contribution in [0, 0.1) is 5.92 Å². The van der Waals surface area contributed by atoms with Crippen LogP contribution in [0.15, 0.2) is 24.3 Å². The lowest BCUT2D eigenvalue weighted by Gasteiger charge is -2.32. The second-order valence-electron chi connectivity index (χ2n) is 5.27. The summed E-state index contributed by atoms with van der Waals surface area (Å²) in [5.41, 5.74) is 0.0792. The molecule has 0 bridgehead atoms. The minimum atomic E-state index is -2.98. The molecule has 3 N–H and O–H groups in total. The van der Waals surface area contributed by atoms with Crippen LogP contribution in [0.25, 0.3) is 0 Å². The summed E-state index contributed by atoms with van der Waals surface area (Å²) >= 11 is 0. The summed E-state index contributed by atoms with van der Waals surface area (Å²) in [6.07, 6.45) is 0.769. The molecule has 21 heavy (non-hydrogen) atoms. The number of benzene rings is 1. The van der Waals surface area contributed by atoms with Crippen LogP contribution in [0.1, 0.15) is 25.3 Å². The molecule has 5 nitrogen and oxygen atoms in total. The molecule has 0 atom stereocenters. The van der Waals surface area contributed by atoms with E-state index in [0.717, 1.165) is 6.92 Å². The topological polar surface area (TPSA) is 78.4 Å². The predicted molar refractivity (Wildman–Crippen MR) is 72.3 cm³/mol. The monoisotopic (exact) mass is 298 g/mol. The van der Waals surface area contributed by atoms with Crippen molar-refractivity contribution < 1.29 is 23.5 Å². The number of hydrogen-bond donors (Lipinski definition) is 3. The summed E-state index contributed by atoms with van der Waals surface area (Å²) < 4.78 is 26.4. The summed E-state index contributed by atoms with van der Waals surface area (Å²) in [5.74, 6) is -4.26. The van der Waals surface area contributed by atoms with Gasteiger partial charge in [0.2, 0.25) is 0 Å². The summed E-state index contributed by atoms with van der Waals surface area (Å²) in [6, 6.07) is 4.72. The largest absolute Gasteiger partial charge is 0.481 e. The molecule has 0 heterocycles. The third kappa shape index (κ3) is 3.90. The number of rotatable bonds is 4. The standard InChI is InChI=1S/C14H16F2N2O3/c1-14(15,16)9-3-2-4-10(7-9)17-13(21)18-11-5-8(6-11)12(19)20/h2-4,7-8,11H,5-6H2,1H3,(H,19,20)(H2,17,18,21). The van der Waals surface area contributed by atoms with Gasteiger partial charge in [-0.3, -0.25) is 4.79 Å². The molecule has 1 saturated carbocycles. The zero-order valence-electron chi connectivity index (χ0n) is 11.4. The van der Waals surface area contributed by atoms with Crippen LogP contribution in [-0.4, -0.2) is 23.1 Å². The summed E-state index contributed by atoms with van der Waals surface area (Å²) in [6.45, 7) is 0.784. The molecule has 1 aliphatic carbocycles. The number of carboxylic acid groups (broad SMARTS) is 1. The summed E-state index contributed by atoms with van der Waals surface area (Å²) in [4.78, 5) is 22.3. The van der Waals surface area contributed by atoms with Gasteiger partial charge in [0.1, 0.15) is 0 Å². The van der Waals surface area contributed by atoms with E-state index in [1.807, 2.05) is 0 Å². The summed E-state index contributed by atoms with van der Waals surface area (Å²) in [7, 11) is 0. The average Bonchev–Trinajstić information content (AvgIpc) is 2.32. The van der Waals surface area contributed by atoms with Gasteiger partial charge < -0.3 is 15.7 Å². The number of alkyl halides is 2. The molecular formula is C14H16F2N2O3. The highest BCUT2D eigenvalue weighted by Crippen LogP contribution is 2.29. The van der Waals surface area contributed by atoms with E-state index < -0.39 is 23.8 Å². The first-order chi connectivity index (χ1) is 9.75. The third-order valence-corrected chi connectivity index (χ3v) is 3.45. The molecule has 114 valence electrons. The quantitative estimate of drug-likeness (QED) is 0.799. The Labute approximate surface area is 120 Å². The minimum Gasteiger partial charge on any atom is -0.481 e. The first-order valence-corrected chi connectivity index (χ1v) is 6.54. The number of hydrogen-bond acceptors (Lipinski definition) is 2. The van der Waals surface area contributed by atoms with E-state index in [0.29, 0.717) is 12.8 Å². The van der Waals surface area contributed by atoms with Gasteiger partial charge in [-0.25, -0.2) is 13.6 Å². The van der Waals surface area contributed by atoms with Gasteiger partial charge >= 0.3 is 12.0 Å².